The zero-order valence-corrected chi connectivity index (χ0v) is 15.3. The number of amides is 1. The molecule has 2 rings (SSSR count). The molecule has 0 aliphatic rings. The van der Waals surface area contributed by atoms with Crippen LogP contribution in [0.1, 0.15) is 29.8 Å². The third-order valence-corrected chi connectivity index (χ3v) is 5.67. The molecule has 0 bridgehead atoms. The molecular formula is C19H24N2O3S. The molecular weight excluding hydrogens is 336 g/mol. The molecule has 0 aliphatic carbocycles. The molecule has 2 aromatic carbocycles. The van der Waals surface area contributed by atoms with Crippen LogP contribution >= 0.6 is 0 Å². The van der Waals surface area contributed by atoms with Crippen molar-refractivity contribution >= 4 is 15.9 Å². The second kappa shape index (κ2) is 8.27. The van der Waals surface area contributed by atoms with Crippen LogP contribution in [0.5, 0.6) is 0 Å². The van der Waals surface area contributed by atoms with E-state index in [0.717, 1.165) is 6.42 Å². The Kier molecular flexibility index (Phi) is 6.33. The van der Waals surface area contributed by atoms with E-state index in [4.69, 9.17) is 5.73 Å². The van der Waals surface area contributed by atoms with Gasteiger partial charge in [0.2, 0.25) is 15.9 Å². The van der Waals surface area contributed by atoms with Gasteiger partial charge in [-0.15, -0.1) is 0 Å². The number of nitrogens with two attached hydrogens (primary N) is 1. The highest BCUT2D eigenvalue weighted by atomic mass is 32.2. The molecule has 0 heterocycles. The molecule has 25 heavy (non-hydrogen) atoms. The number of carbonyl (C=O) groups excluding carboxylic acids is 1. The van der Waals surface area contributed by atoms with Crippen LogP contribution < -0.4 is 10.5 Å². The molecule has 0 radical (unpaired) electrons. The highest BCUT2D eigenvalue weighted by Crippen LogP contribution is 2.18. The first-order valence-electron chi connectivity index (χ1n) is 8.23. The van der Waals surface area contributed by atoms with Gasteiger partial charge in [-0.05, 0) is 42.0 Å². The predicted molar refractivity (Wildman–Crippen MR) is 98.6 cm³/mol. The Morgan fingerprint density at radius 3 is 2.36 bits per heavy atom. The normalized spacial score (nSPS) is 12.9. The van der Waals surface area contributed by atoms with E-state index in [1.165, 1.54) is 29.8 Å². The SMILES string of the molecule is CC(C)C(CNS(=O)(=O)c1cccc(C(N)=O)c1)Cc1ccccc1. The number of primary amides is 1. The van der Waals surface area contributed by atoms with Gasteiger partial charge in [0.15, 0.2) is 0 Å². The topological polar surface area (TPSA) is 89.3 Å². The highest BCUT2D eigenvalue weighted by molar-refractivity contribution is 7.89. The molecule has 6 heteroatoms. The van der Waals surface area contributed by atoms with Crippen LogP contribution in [-0.4, -0.2) is 20.9 Å². The van der Waals surface area contributed by atoms with E-state index in [9.17, 15) is 13.2 Å². The van der Waals surface area contributed by atoms with Gasteiger partial charge in [0.05, 0.1) is 4.90 Å². The van der Waals surface area contributed by atoms with Crippen molar-refractivity contribution in [2.45, 2.75) is 25.2 Å². The lowest BCUT2D eigenvalue weighted by molar-refractivity contribution is 0.1000. The smallest absolute Gasteiger partial charge is 0.248 e. The van der Waals surface area contributed by atoms with Crippen molar-refractivity contribution in [1.82, 2.24) is 4.72 Å². The molecule has 3 N–H and O–H groups in total. The molecule has 0 aliphatic heterocycles. The molecule has 2 aromatic rings. The highest BCUT2D eigenvalue weighted by Gasteiger charge is 2.20. The molecule has 0 spiro atoms. The van der Waals surface area contributed by atoms with Gasteiger partial charge in [0.1, 0.15) is 0 Å². The molecule has 1 atom stereocenters. The summed E-state index contributed by atoms with van der Waals surface area (Å²) < 4.78 is 27.7. The van der Waals surface area contributed by atoms with E-state index >= 15 is 0 Å². The van der Waals surface area contributed by atoms with E-state index in [-0.39, 0.29) is 16.4 Å². The van der Waals surface area contributed by atoms with Crippen LogP contribution in [0.3, 0.4) is 0 Å². The van der Waals surface area contributed by atoms with Crippen LogP contribution in [-0.2, 0) is 16.4 Å². The predicted octanol–water partition coefficient (Wildman–Crippen LogP) is 2.58. The minimum absolute atomic E-state index is 0.0472. The Hall–Kier alpha value is -2.18. The molecule has 0 fully saturated rings. The quantitative estimate of drug-likeness (QED) is 0.758. The molecule has 1 amide bonds. The van der Waals surface area contributed by atoms with Gasteiger partial charge in [-0.3, -0.25) is 4.79 Å². The van der Waals surface area contributed by atoms with E-state index in [1.54, 1.807) is 0 Å². The summed E-state index contributed by atoms with van der Waals surface area (Å²) >= 11 is 0. The van der Waals surface area contributed by atoms with Crippen molar-refractivity contribution in [3.8, 4) is 0 Å². The molecule has 0 aromatic heterocycles. The average Bonchev–Trinajstić information content (AvgIpc) is 2.59. The van der Waals surface area contributed by atoms with Crippen LogP contribution in [0.15, 0.2) is 59.5 Å². The molecule has 0 saturated heterocycles. The van der Waals surface area contributed by atoms with E-state index in [1.807, 2.05) is 30.3 Å². The fraction of sp³-hybridized carbons (Fsp3) is 0.316. The van der Waals surface area contributed by atoms with Crippen LogP contribution in [0, 0.1) is 11.8 Å². The van der Waals surface area contributed by atoms with Gasteiger partial charge in [0, 0.05) is 12.1 Å². The Labute approximate surface area is 149 Å². The Morgan fingerprint density at radius 1 is 1.08 bits per heavy atom. The summed E-state index contributed by atoms with van der Waals surface area (Å²) in [4.78, 5) is 11.3. The Bertz CT molecular complexity index is 818. The lowest BCUT2D eigenvalue weighted by Gasteiger charge is -2.21. The van der Waals surface area contributed by atoms with Gasteiger partial charge in [-0.2, -0.15) is 0 Å². The lowest BCUT2D eigenvalue weighted by Crippen LogP contribution is -2.32. The number of sulfonamides is 1. The Balaban J connectivity index is 2.11. The molecule has 134 valence electrons. The van der Waals surface area contributed by atoms with Gasteiger partial charge >= 0.3 is 0 Å². The van der Waals surface area contributed by atoms with E-state index in [0.29, 0.717) is 12.5 Å². The van der Waals surface area contributed by atoms with Crippen molar-refractivity contribution in [3.63, 3.8) is 0 Å². The summed E-state index contributed by atoms with van der Waals surface area (Å²) in [6, 6.07) is 15.8. The number of nitrogens with one attached hydrogen (secondary N) is 1. The summed E-state index contributed by atoms with van der Waals surface area (Å²) in [7, 11) is -3.69. The number of hydrogen-bond acceptors (Lipinski definition) is 3. The molecule has 1 unspecified atom stereocenters. The maximum Gasteiger partial charge on any atom is 0.248 e. The number of rotatable bonds is 8. The first-order valence-corrected chi connectivity index (χ1v) is 9.71. The Morgan fingerprint density at radius 2 is 1.76 bits per heavy atom. The zero-order valence-electron chi connectivity index (χ0n) is 14.5. The van der Waals surface area contributed by atoms with Crippen molar-refractivity contribution in [1.29, 1.82) is 0 Å². The van der Waals surface area contributed by atoms with Gasteiger partial charge < -0.3 is 5.73 Å². The van der Waals surface area contributed by atoms with Crippen LogP contribution in [0.4, 0.5) is 0 Å². The summed E-state index contributed by atoms with van der Waals surface area (Å²) in [5, 5.41) is 0. The molecule has 5 nitrogen and oxygen atoms in total. The number of carbonyl (C=O) groups is 1. The van der Waals surface area contributed by atoms with Crippen LogP contribution in [0.25, 0.3) is 0 Å². The summed E-state index contributed by atoms with van der Waals surface area (Å²) in [5.41, 5.74) is 6.57. The summed E-state index contributed by atoms with van der Waals surface area (Å²) in [5.74, 6) is -0.169. The average molecular weight is 360 g/mol. The first-order chi connectivity index (χ1) is 11.8. The number of hydrogen-bond donors (Lipinski definition) is 2. The van der Waals surface area contributed by atoms with Gasteiger partial charge in [-0.1, -0.05) is 50.2 Å². The fourth-order valence-electron chi connectivity index (χ4n) is 2.58. The van der Waals surface area contributed by atoms with E-state index < -0.39 is 15.9 Å². The maximum atomic E-state index is 12.5. The van der Waals surface area contributed by atoms with Gasteiger partial charge in [-0.25, -0.2) is 13.1 Å². The van der Waals surface area contributed by atoms with Crippen molar-refractivity contribution < 1.29 is 13.2 Å². The minimum Gasteiger partial charge on any atom is -0.366 e. The second-order valence-electron chi connectivity index (χ2n) is 6.44. The van der Waals surface area contributed by atoms with Gasteiger partial charge in [0.25, 0.3) is 0 Å². The fourth-order valence-corrected chi connectivity index (χ4v) is 3.72. The third-order valence-electron chi connectivity index (χ3n) is 4.25. The largest absolute Gasteiger partial charge is 0.366 e. The summed E-state index contributed by atoms with van der Waals surface area (Å²) in [6.45, 7) is 4.49. The van der Waals surface area contributed by atoms with Crippen molar-refractivity contribution in [2.24, 2.45) is 17.6 Å². The standard InChI is InChI=1S/C19H24N2O3S/c1-14(2)17(11-15-7-4-3-5-8-15)13-21-25(23,24)18-10-6-9-16(12-18)19(20)22/h3-10,12,14,17,21H,11,13H2,1-2H3,(H2,20,22). The zero-order chi connectivity index (χ0) is 18.4. The lowest BCUT2D eigenvalue weighted by atomic mass is 9.89. The minimum atomic E-state index is -3.69. The second-order valence-corrected chi connectivity index (χ2v) is 8.20. The molecule has 0 saturated carbocycles. The van der Waals surface area contributed by atoms with E-state index in [2.05, 4.69) is 18.6 Å². The van der Waals surface area contributed by atoms with Crippen molar-refractivity contribution in [2.75, 3.05) is 6.54 Å². The first kappa shape index (κ1) is 19.1. The third kappa shape index (κ3) is 5.41. The van der Waals surface area contributed by atoms with Crippen LogP contribution in [0.2, 0.25) is 0 Å². The summed E-state index contributed by atoms with van der Waals surface area (Å²) in [6.07, 6.45) is 0.794. The van der Waals surface area contributed by atoms with Crippen molar-refractivity contribution in [3.05, 3.63) is 65.7 Å². The maximum absolute atomic E-state index is 12.5. The number of benzene rings is 2. The monoisotopic (exact) mass is 360 g/mol.